The minimum Gasteiger partial charge on any atom is -0.295 e. The first-order valence-electron chi connectivity index (χ1n) is 4.27. The molecular weight excluding hydrogens is 152 g/mol. The number of hydrogen-bond donors (Lipinski definition) is 0. The molecule has 0 bridgehead atoms. The van der Waals surface area contributed by atoms with E-state index in [1.54, 1.807) is 6.92 Å². The van der Waals surface area contributed by atoms with Crippen molar-refractivity contribution in [2.24, 2.45) is 11.8 Å². The predicted molar refractivity (Wildman–Crippen MR) is 46.7 cm³/mol. The summed E-state index contributed by atoms with van der Waals surface area (Å²) in [6.45, 7) is 5.66. The third kappa shape index (κ3) is 1.63. The van der Waals surface area contributed by atoms with Crippen molar-refractivity contribution >= 4 is 11.6 Å². The number of Topliss-reactive ketones (excluding diaryl/α,β-unsaturated/α-hetero) is 1. The van der Waals surface area contributed by atoms with E-state index in [4.69, 9.17) is 0 Å². The second-order valence-electron chi connectivity index (χ2n) is 3.71. The highest BCUT2D eigenvalue weighted by molar-refractivity contribution is 6.09. The molecule has 0 fully saturated rings. The van der Waals surface area contributed by atoms with Crippen LogP contribution in [0.5, 0.6) is 0 Å². The normalized spacial score (nSPS) is 24.7. The quantitative estimate of drug-likeness (QED) is 0.594. The summed E-state index contributed by atoms with van der Waals surface area (Å²) in [4.78, 5) is 22.6. The molecule has 1 aliphatic carbocycles. The molecule has 0 saturated carbocycles. The van der Waals surface area contributed by atoms with E-state index in [1.807, 2.05) is 13.8 Å². The summed E-state index contributed by atoms with van der Waals surface area (Å²) in [7, 11) is 0. The van der Waals surface area contributed by atoms with Gasteiger partial charge in [-0.25, -0.2) is 0 Å². The monoisotopic (exact) mass is 166 g/mol. The smallest absolute Gasteiger partial charge is 0.159 e. The Labute approximate surface area is 72.7 Å². The van der Waals surface area contributed by atoms with Gasteiger partial charge in [0, 0.05) is 12.3 Å². The highest BCUT2D eigenvalue weighted by Gasteiger charge is 2.28. The van der Waals surface area contributed by atoms with Gasteiger partial charge >= 0.3 is 0 Å². The molecular formula is C10H14O2. The third-order valence-corrected chi connectivity index (χ3v) is 2.37. The van der Waals surface area contributed by atoms with Crippen LogP contribution < -0.4 is 0 Å². The van der Waals surface area contributed by atoms with Crippen LogP contribution in [-0.2, 0) is 9.59 Å². The van der Waals surface area contributed by atoms with Gasteiger partial charge in [0.1, 0.15) is 0 Å². The Morgan fingerprint density at radius 2 is 2.00 bits per heavy atom. The molecule has 66 valence electrons. The molecule has 0 spiro atoms. The topological polar surface area (TPSA) is 34.1 Å². The molecule has 0 aromatic rings. The molecule has 0 radical (unpaired) electrons. The van der Waals surface area contributed by atoms with E-state index in [9.17, 15) is 9.59 Å². The van der Waals surface area contributed by atoms with Crippen LogP contribution in [0.2, 0.25) is 0 Å². The molecule has 1 aliphatic rings. The molecule has 2 nitrogen and oxygen atoms in total. The van der Waals surface area contributed by atoms with Gasteiger partial charge in [-0.15, -0.1) is 0 Å². The Kier molecular flexibility index (Phi) is 2.46. The van der Waals surface area contributed by atoms with Gasteiger partial charge < -0.3 is 0 Å². The standard InChI is InChI=1S/C10H14O2/c1-6(2)8-5-9(11)7(3)4-10(8)12/h4,6,8H,5H2,1-3H3. The lowest BCUT2D eigenvalue weighted by Gasteiger charge is -2.21. The van der Waals surface area contributed by atoms with Crippen LogP contribution in [0.25, 0.3) is 0 Å². The molecule has 0 aliphatic heterocycles. The number of carbonyl (C=O) groups is 2. The molecule has 12 heavy (non-hydrogen) atoms. The first kappa shape index (κ1) is 9.17. The van der Waals surface area contributed by atoms with E-state index in [0.29, 0.717) is 12.0 Å². The molecule has 1 rings (SSSR count). The fourth-order valence-corrected chi connectivity index (χ4v) is 1.43. The molecule has 0 heterocycles. The van der Waals surface area contributed by atoms with Crippen LogP contribution in [-0.4, -0.2) is 11.6 Å². The van der Waals surface area contributed by atoms with Crippen LogP contribution in [0.1, 0.15) is 27.2 Å². The second-order valence-corrected chi connectivity index (χ2v) is 3.71. The first-order chi connectivity index (χ1) is 5.52. The zero-order valence-electron chi connectivity index (χ0n) is 7.76. The Bertz CT molecular complexity index is 249. The zero-order valence-corrected chi connectivity index (χ0v) is 7.76. The molecule has 0 N–H and O–H groups in total. The van der Waals surface area contributed by atoms with E-state index in [1.165, 1.54) is 6.08 Å². The average Bonchev–Trinajstić information content (AvgIpc) is 1.96. The van der Waals surface area contributed by atoms with E-state index < -0.39 is 0 Å². The lowest BCUT2D eigenvalue weighted by Crippen LogP contribution is -2.27. The summed E-state index contributed by atoms with van der Waals surface area (Å²) in [6.07, 6.45) is 1.88. The SMILES string of the molecule is CC1=CC(=O)C(C(C)C)CC1=O. The van der Waals surface area contributed by atoms with Gasteiger partial charge in [0.05, 0.1) is 0 Å². The fourth-order valence-electron chi connectivity index (χ4n) is 1.43. The van der Waals surface area contributed by atoms with Crippen LogP contribution >= 0.6 is 0 Å². The number of rotatable bonds is 1. The molecule has 0 aromatic carbocycles. The largest absolute Gasteiger partial charge is 0.295 e. The highest BCUT2D eigenvalue weighted by atomic mass is 16.1. The number of allylic oxidation sites excluding steroid dienone is 2. The van der Waals surface area contributed by atoms with Crippen LogP contribution in [0.15, 0.2) is 11.6 Å². The molecule has 0 saturated heterocycles. The van der Waals surface area contributed by atoms with Crippen molar-refractivity contribution in [1.82, 2.24) is 0 Å². The van der Waals surface area contributed by atoms with Gasteiger partial charge in [0.25, 0.3) is 0 Å². The van der Waals surface area contributed by atoms with Crippen molar-refractivity contribution in [1.29, 1.82) is 0 Å². The Balaban J connectivity index is 2.87. The van der Waals surface area contributed by atoms with Crippen molar-refractivity contribution in [2.45, 2.75) is 27.2 Å². The van der Waals surface area contributed by atoms with Gasteiger partial charge in [-0.05, 0) is 24.5 Å². The number of ketones is 2. The molecule has 0 aromatic heterocycles. The van der Waals surface area contributed by atoms with Gasteiger partial charge in [-0.3, -0.25) is 9.59 Å². The van der Waals surface area contributed by atoms with E-state index in [2.05, 4.69) is 0 Å². The number of carbonyl (C=O) groups excluding carboxylic acids is 2. The predicted octanol–water partition coefficient (Wildman–Crippen LogP) is 1.75. The van der Waals surface area contributed by atoms with Gasteiger partial charge in [0.2, 0.25) is 0 Å². The van der Waals surface area contributed by atoms with E-state index >= 15 is 0 Å². The lowest BCUT2D eigenvalue weighted by molar-refractivity contribution is -0.126. The number of hydrogen-bond acceptors (Lipinski definition) is 2. The maximum absolute atomic E-state index is 11.4. The Hall–Kier alpha value is -0.920. The van der Waals surface area contributed by atoms with E-state index in [0.717, 1.165) is 0 Å². The first-order valence-corrected chi connectivity index (χ1v) is 4.27. The fraction of sp³-hybridized carbons (Fsp3) is 0.600. The lowest BCUT2D eigenvalue weighted by atomic mass is 9.81. The van der Waals surface area contributed by atoms with Crippen molar-refractivity contribution in [3.8, 4) is 0 Å². The Morgan fingerprint density at radius 1 is 1.42 bits per heavy atom. The van der Waals surface area contributed by atoms with Crippen molar-refractivity contribution in [2.75, 3.05) is 0 Å². The molecule has 2 heteroatoms. The summed E-state index contributed by atoms with van der Waals surface area (Å²) >= 11 is 0. The second kappa shape index (κ2) is 3.21. The summed E-state index contributed by atoms with van der Waals surface area (Å²) in [6, 6.07) is 0. The van der Waals surface area contributed by atoms with E-state index in [-0.39, 0.29) is 23.4 Å². The zero-order chi connectivity index (χ0) is 9.30. The molecule has 0 amide bonds. The molecule has 1 atom stereocenters. The maximum Gasteiger partial charge on any atom is 0.159 e. The van der Waals surface area contributed by atoms with Gasteiger partial charge in [-0.1, -0.05) is 13.8 Å². The summed E-state index contributed by atoms with van der Waals surface area (Å²) < 4.78 is 0. The van der Waals surface area contributed by atoms with Crippen LogP contribution in [0, 0.1) is 11.8 Å². The summed E-state index contributed by atoms with van der Waals surface area (Å²) in [5.74, 6) is 0.419. The minimum absolute atomic E-state index is 0.0822. The molecule has 1 unspecified atom stereocenters. The summed E-state index contributed by atoms with van der Waals surface area (Å²) in [5, 5.41) is 0. The third-order valence-electron chi connectivity index (χ3n) is 2.37. The van der Waals surface area contributed by atoms with Crippen molar-refractivity contribution in [3.63, 3.8) is 0 Å². The minimum atomic E-state index is -0.0822. The average molecular weight is 166 g/mol. The Morgan fingerprint density at radius 3 is 2.50 bits per heavy atom. The van der Waals surface area contributed by atoms with Crippen LogP contribution in [0.4, 0.5) is 0 Å². The highest BCUT2D eigenvalue weighted by Crippen LogP contribution is 2.23. The van der Waals surface area contributed by atoms with Gasteiger partial charge in [0.15, 0.2) is 11.6 Å². The summed E-state index contributed by atoms with van der Waals surface area (Å²) in [5.41, 5.74) is 0.608. The van der Waals surface area contributed by atoms with Gasteiger partial charge in [-0.2, -0.15) is 0 Å². The maximum atomic E-state index is 11.4. The van der Waals surface area contributed by atoms with Crippen molar-refractivity contribution < 1.29 is 9.59 Å². The van der Waals surface area contributed by atoms with Crippen molar-refractivity contribution in [3.05, 3.63) is 11.6 Å². The van der Waals surface area contributed by atoms with Crippen LogP contribution in [0.3, 0.4) is 0 Å².